The van der Waals surface area contributed by atoms with Gasteiger partial charge in [0, 0.05) is 18.3 Å². The summed E-state index contributed by atoms with van der Waals surface area (Å²) in [5.74, 6) is -0.200. The molecule has 3 N–H and O–H groups in total. The van der Waals surface area contributed by atoms with Crippen molar-refractivity contribution in [1.82, 2.24) is 0 Å². The quantitative estimate of drug-likeness (QED) is 0.783. The number of benzene rings is 1. The van der Waals surface area contributed by atoms with Crippen molar-refractivity contribution in [2.75, 3.05) is 18.5 Å². The van der Waals surface area contributed by atoms with Gasteiger partial charge in [-0.25, -0.2) is 0 Å². The average Bonchev–Trinajstić information content (AvgIpc) is 2.47. The molecule has 0 saturated heterocycles. The summed E-state index contributed by atoms with van der Waals surface area (Å²) in [5, 5.41) is 2.69. The van der Waals surface area contributed by atoms with Gasteiger partial charge < -0.3 is 15.8 Å². The van der Waals surface area contributed by atoms with Crippen LogP contribution in [-0.2, 0) is 4.79 Å². The van der Waals surface area contributed by atoms with Crippen molar-refractivity contribution in [2.45, 2.75) is 32.9 Å². The number of rotatable bonds is 7. The molecule has 0 saturated carbocycles. The number of ether oxygens (including phenoxy) is 1. The van der Waals surface area contributed by atoms with Crippen molar-refractivity contribution in [3.8, 4) is 5.75 Å². The largest absolute Gasteiger partial charge is 0.484 e. The zero-order chi connectivity index (χ0) is 16.8. The normalized spacial score (nSPS) is 11.6. The van der Waals surface area contributed by atoms with Crippen molar-refractivity contribution < 1.29 is 22.7 Å². The van der Waals surface area contributed by atoms with Gasteiger partial charge in [-0.05, 0) is 25.0 Å². The van der Waals surface area contributed by atoms with Gasteiger partial charge in [0.05, 0.1) is 5.41 Å². The van der Waals surface area contributed by atoms with E-state index in [-0.39, 0.29) is 30.6 Å². The molecule has 0 radical (unpaired) electrons. The fourth-order valence-electron chi connectivity index (χ4n) is 2.04. The Kier molecular flexibility index (Phi) is 8.41. The van der Waals surface area contributed by atoms with Gasteiger partial charge in [0.15, 0.2) is 6.61 Å². The van der Waals surface area contributed by atoms with E-state index in [9.17, 15) is 18.0 Å². The van der Waals surface area contributed by atoms with E-state index < -0.39 is 18.2 Å². The molecule has 0 spiro atoms. The van der Waals surface area contributed by atoms with Crippen molar-refractivity contribution >= 4 is 24.0 Å². The third-order valence-electron chi connectivity index (χ3n) is 3.72. The number of nitrogens with two attached hydrogens (primary N) is 1. The zero-order valence-corrected chi connectivity index (χ0v) is 13.9. The predicted molar refractivity (Wildman–Crippen MR) is 85.9 cm³/mol. The lowest BCUT2D eigenvalue weighted by Gasteiger charge is -2.28. The molecule has 1 aromatic carbocycles. The molecule has 0 bridgehead atoms. The van der Waals surface area contributed by atoms with Crippen LogP contribution in [0.15, 0.2) is 24.3 Å². The summed E-state index contributed by atoms with van der Waals surface area (Å²) in [4.78, 5) is 12.3. The number of amides is 1. The number of halogens is 4. The minimum absolute atomic E-state index is 0. The Bertz CT molecular complexity index is 497. The van der Waals surface area contributed by atoms with Crippen molar-refractivity contribution in [1.29, 1.82) is 0 Å². The highest BCUT2D eigenvalue weighted by Gasteiger charge is 2.33. The first kappa shape index (κ1) is 21.5. The summed E-state index contributed by atoms with van der Waals surface area (Å²) in [6, 6.07) is 5.86. The minimum Gasteiger partial charge on any atom is -0.484 e. The monoisotopic (exact) mass is 354 g/mol. The molecule has 0 heterocycles. The van der Waals surface area contributed by atoms with Crippen LogP contribution >= 0.6 is 12.4 Å². The molecule has 8 heteroatoms. The molecule has 1 rings (SSSR count). The molecule has 132 valence electrons. The van der Waals surface area contributed by atoms with Crippen molar-refractivity contribution in [2.24, 2.45) is 11.1 Å². The summed E-state index contributed by atoms with van der Waals surface area (Å²) >= 11 is 0. The highest BCUT2D eigenvalue weighted by atomic mass is 35.5. The van der Waals surface area contributed by atoms with Crippen LogP contribution in [0.2, 0.25) is 0 Å². The van der Waals surface area contributed by atoms with E-state index in [0.717, 1.165) is 0 Å². The molecular formula is C15H22ClF3N2O2. The molecule has 0 fully saturated rings. The van der Waals surface area contributed by atoms with E-state index in [1.165, 1.54) is 18.2 Å². The van der Waals surface area contributed by atoms with Gasteiger partial charge in [-0.1, -0.05) is 19.9 Å². The van der Waals surface area contributed by atoms with Gasteiger partial charge >= 0.3 is 6.18 Å². The summed E-state index contributed by atoms with van der Waals surface area (Å²) in [6.07, 6.45) is -3.25. The molecule has 0 aliphatic heterocycles. The Morgan fingerprint density at radius 3 is 2.35 bits per heavy atom. The molecule has 23 heavy (non-hydrogen) atoms. The van der Waals surface area contributed by atoms with E-state index in [1.54, 1.807) is 6.07 Å². The van der Waals surface area contributed by atoms with Gasteiger partial charge in [-0.3, -0.25) is 4.79 Å². The third-order valence-corrected chi connectivity index (χ3v) is 3.72. The Hall–Kier alpha value is -1.47. The first-order valence-electron chi connectivity index (χ1n) is 7.07. The lowest BCUT2D eigenvalue weighted by atomic mass is 9.81. The van der Waals surface area contributed by atoms with Crippen LogP contribution < -0.4 is 15.8 Å². The second-order valence-corrected chi connectivity index (χ2v) is 5.08. The highest BCUT2D eigenvalue weighted by Crippen LogP contribution is 2.28. The fraction of sp³-hybridized carbons (Fsp3) is 0.533. The maximum atomic E-state index is 12.3. The average molecular weight is 355 g/mol. The van der Waals surface area contributed by atoms with E-state index in [1.807, 2.05) is 13.8 Å². The van der Waals surface area contributed by atoms with Gasteiger partial charge in [0.2, 0.25) is 5.91 Å². The summed E-state index contributed by atoms with van der Waals surface area (Å²) in [5.41, 5.74) is 5.40. The van der Waals surface area contributed by atoms with Gasteiger partial charge in [0.25, 0.3) is 0 Å². The van der Waals surface area contributed by atoms with Crippen LogP contribution in [0.3, 0.4) is 0 Å². The van der Waals surface area contributed by atoms with Gasteiger partial charge in [0.1, 0.15) is 5.75 Å². The van der Waals surface area contributed by atoms with Gasteiger partial charge in [-0.2, -0.15) is 13.2 Å². The fourth-order valence-corrected chi connectivity index (χ4v) is 2.04. The second-order valence-electron chi connectivity index (χ2n) is 5.08. The molecular weight excluding hydrogens is 333 g/mol. The molecule has 4 nitrogen and oxygen atoms in total. The molecule has 0 aromatic heterocycles. The van der Waals surface area contributed by atoms with Gasteiger partial charge in [-0.15, -0.1) is 12.4 Å². The smallest absolute Gasteiger partial charge is 0.422 e. The van der Waals surface area contributed by atoms with Crippen LogP contribution in [0.4, 0.5) is 18.9 Å². The summed E-state index contributed by atoms with van der Waals surface area (Å²) < 4.78 is 41.1. The van der Waals surface area contributed by atoms with Crippen molar-refractivity contribution in [3.05, 3.63) is 24.3 Å². The van der Waals surface area contributed by atoms with Crippen molar-refractivity contribution in [3.63, 3.8) is 0 Å². The van der Waals surface area contributed by atoms with Crippen LogP contribution in [0.25, 0.3) is 0 Å². The highest BCUT2D eigenvalue weighted by molar-refractivity contribution is 5.95. The standard InChI is InChI=1S/C15H21F3N2O2.ClH/c1-3-14(4-2,9-19)13(21)20-11-6-5-7-12(8-11)22-10-15(16,17)18;/h5-8H,3-4,9-10,19H2,1-2H3,(H,20,21);1H. The number of carbonyl (C=O) groups is 1. The topological polar surface area (TPSA) is 64.4 Å². The third kappa shape index (κ3) is 6.27. The Morgan fingerprint density at radius 2 is 1.87 bits per heavy atom. The van der Waals surface area contributed by atoms with E-state index in [0.29, 0.717) is 18.5 Å². The van der Waals surface area contributed by atoms with E-state index in [2.05, 4.69) is 10.1 Å². The van der Waals surface area contributed by atoms with Crippen LogP contribution in [0, 0.1) is 5.41 Å². The number of nitrogens with one attached hydrogen (secondary N) is 1. The maximum absolute atomic E-state index is 12.3. The lowest BCUT2D eigenvalue weighted by molar-refractivity contribution is -0.153. The maximum Gasteiger partial charge on any atom is 0.422 e. The lowest BCUT2D eigenvalue weighted by Crippen LogP contribution is -2.41. The second kappa shape index (κ2) is 8.98. The SMILES string of the molecule is CCC(CC)(CN)C(=O)Nc1cccc(OCC(F)(F)F)c1.Cl. The molecule has 0 atom stereocenters. The number of carbonyl (C=O) groups excluding carboxylic acids is 1. The molecule has 0 unspecified atom stereocenters. The van der Waals surface area contributed by atoms with Crippen LogP contribution in [-0.4, -0.2) is 25.2 Å². The van der Waals surface area contributed by atoms with E-state index >= 15 is 0 Å². The Labute approximate surface area is 140 Å². The minimum atomic E-state index is -4.40. The first-order valence-corrected chi connectivity index (χ1v) is 7.07. The summed E-state index contributed by atoms with van der Waals surface area (Å²) in [7, 11) is 0. The van der Waals surface area contributed by atoms with E-state index in [4.69, 9.17) is 5.73 Å². The first-order chi connectivity index (χ1) is 10.3. The number of anilines is 1. The number of hydrogen-bond donors (Lipinski definition) is 2. The zero-order valence-electron chi connectivity index (χ0n) is 13.1. The summed E-state index contributed by atoms with van der Waals surface area (Å²) in [6.45, 7) is 2.58. The Balaban J connectivity index is 0.00000484. The molecule has 0 aliphatic rings. The van der Waals surface area contributed by atoms with Crippen LogP contribution in [0.5, 0.6) is 5.75 Å². The molecule has 0 aliphatic carbocycles. The predicted octanol–water partition coefficient (Wildman–Crippen LogP) is 3.75. The van der Waals surface area contributed by atoms with Crippen LogP contribution in [0.1, 0.15) is 26.7 Å². The molecule has 1 amide bonds. The number of hydrogen-bond acceptors (Lipinski definition) is 3. The number of alkyl halides is 3. The Morgan fingerprint density at radius 1 is 1.26 bits per heavy atom. The molecule has 1 aromatic rings.